The predicted molar refractivity (Wildman–Crippen MR) is 97.2 cm³/mol. The molecule has 25 heavy (non-hydrogen) atoms. The minimum Gasteiger partial charge on any atom is -0.497 e. The lowest BCUT2D eigenvalue weighted by Crippen LogP contribution is -2.33. The Hall–Kier alpha value is -1.59. The Balaban J connectivity index is 1.79. The zero-order valence-electron chi connectivity index (χ0n) is 14.2. The molecule has 0 amide bonds. The molecule has 1 aliphatic heterocycles. The first-order chi connectivity index (χ1) is 12.1. The maximum absolute atomic E-state index is 10.0. The number of benzene rings is 2. The summed E-state index contributed by atoms with van der Waals surface area (Å²) < 4.78 is 11.1. The molecule has 5 heteroatoms. The van der Waals surface area contributed by atoms with Crippen LogP contribution in [0.3, 0.4) is 0 Å². The summed E-state index contributed by atoms with van der Waals surface area (Å²) in [5.74, 6) is 0.822. The zero-order valence-corrected chi connectivity index (χ0v) is 14.9. The highest BCUT2D eigenvalue weighted by Gasteiger charge is 2.29. The number of hydrogen-bond donors (Lipinski definition) is 2. The van der Waals surface area contributed by atoms with Gasteiger partial charge < -0.3 is 19.7 Å². The normalized spacial score (nSPS) is 23.4. The van der Waals surface area contributed by atoms with Crippen molar-refractivity contribution in [3.63, 3.8) is 0 Å². The zero-order chi connectivity index (χ0) is 17.8. The van der Waals surface area contributed by atoms with E-state index >= 15 is 0 Å². The van der Waals surface area contributed by atoms with Crippen LogP contribution in [0.15, 0.2) is 42.5 Å². The molecular formula is C20H23ClO4. The number of aliphatic hydroxyl groups excluding tert-OH is 2. The lowest BCUT2D eigenvalue weighted by molar-refractivity contribution is -0.113. The van der Waals surface area contributed by atoms with Crippen LogP contribution in [0.2, 0.25) is 5.02 Å². The monoisotopic (exact) mass is 362 g/mol. The lowest BCUT2D eigenvalue weighted by Gasteiger charge is -2.32. The van der Waals surface area contributed by atoms with Crippen molar-refractivity contribution in [3.05, 3.63) is 64.2 Å². The summed E-state index contributed by atoms with van der Waals surface area (Å²) in [6.45, 7) is -0.0835. The molecular weight excluding hydrogens is 340 g/mol. The standard InChI is InChI=1S/C20H23ClO4/c1-24-17-5-2-13(3-6-17)8-15-9-14(4-7-19(15)21)20-11-16(23)10-18(12-22)25-20/h2-7,9,16,18,20,22-23H,8,10-12H2,1H3. The molecule has 0 aromatic heterocycles. The molecule has 2 aromatic carbocycles. The quantitative estimate of drug-likeness (QED) is 0.854. The summed E-state index contributed by atoms with van der Waals surface area (Å²) in [7, 11) is 1.65. The van der Waals surface area contributed by atoms with Crippen LogP contribution in [0, 0.1) is 0 Å². The topological polar surface area (TPSA) is 58.9 Å². The van der Waals surface area contributed by atoms with E-state index in [0.717, 1.165) is 22.4 Å². The van der Waals surface area contributed by atoms with E-state index in [2.05, 4.69) is 0 Å². The predicted octanol–water partition coefficient (Wildman–Crippen LogP) is 3.51. The van der Waals surface area contributed by atoms with Crippen LogP contribution < -0.4 is 4.74 Å². The van der Waals surface area contributed by atoms with Gasteiger partial charge in [0.05, 0.1) is 32.0 Å². The molecule has 0 saturated carbocycles. The second kappa shape index (κ2) is 8.19. The molecule has 2 N–H and O–H groups in total. The van der Waals surface area contributed by atoms with E-state index in [9.17, 15) is 10.2 Å². The van der Waals surface area contributed by atoms with Crippen molar-refractivity contribution in [1.29, 1.82) is 0 Å². The fourth-order valence-electron chi connectivity index (χ4n) is 3.22. The van der Waals surface area contributed by atoms with E-state index in [4.69, 9.17) is 21.1 Å². The van der Waals surface area contributed by atoms with E-state index in [-0.39, 0.29) is 18.8 Å². The molecule has 3 rings (SSSR count). The Morgan fingerprint density at radius 3 is 2.60 bits per heavy atom. The summed E-state index contributed by atoms with van der Waals surface area (Å²) in [6, 6.07) is 13.7. The molecule has 0 radical (unpaired) electrons. The van der Waals surface area contributed by atoms with Crippen LogP contribution in [0.25, 0.3) is 0 Å². The smallest absolute Gasteiger partial charge is 0.118 e. The molecule has 1 aliphatic rings. The number of rotatable bonds is 5. The first kappa shape index (κ1) is 18.2. The maximum Gasteiger partial charge on any atom is 0.118 e. The summed E-state index contributed by atoms with van der Waals surface area (Å²) >= 11 is 6.37. The Labute approximate surface area is 153 Å². The van der Waals surface area contributed by atoms with Gasteiger partial charge in [0.1, 0.15) is 5.75 Å². The van der Waals surface area contributed by atoms with Crippen LogP contribution in [0.1, 0.15) is 35.6 Å². The average molecular weight is 363 g/mol. The minimum absolute atomic E-state index is 0.0835. The van der Waals surface area contributed by atoms with Gasteiger partial charge in [0.2, 0.25) is 0 Å². The lowest BCUT2D eigenvalue weighted by atomic mass is 9.94. The van der Waals surface area contributed by atoms with E-state index in [1.54, 1.807) is 7.11 Å². The Bertz CT molecular complexity index is 701. The van der Waals surface area contributed by atoms with Gasteiger partial charge in [-0.2, -0.15) is 0 Å². The third-order valence-electron chi connectivity index (χ3n) is 4.58. The largest absolute Gasteiger partial charge is 0.497 e. The highest BCUT2D eigenvalue weighted by molar-refractivity contribution is 6.31. The highest BCUT2D eigenvalue weighted by Crippen LogP contribution is 2.33. The van der Waals surface area contributed by atoms with Gasteiger partial charge in [0, 0.05) is 17.9 Å². The molecule has 1 heterocycles. The molecule has 2 aromatic rings. The number of methoxy groups -OCH3 is 1. The molecule has 0 spiro atoms. The Morgan fingerprint density at radius 2 is 1.92 bits per heavy atom. The molecule has 3 unspecified atom stereocenters. The van der Waals surface area contributed by atoms with Crippen molar-refractivity contribution in [1.82, 2.24) is 0 Å². The second-order valence-corrected chi connectivity index (χ2v) is 6.84. The molecule has 134 valence electrons. The summed E-state index contributed by atoms with van der Waals surface area (Å²) in [6.07, 6.45) is 0.688. The average Bonchev–Trinajstić information content (AvgIpc) is 2.63. The number of hydrogen-bond acceptors (Lipinski definition) is 4. The highest BCUT2D eigenvalue weighted by atomic mass is 35.5. The van der Waals surface area contributed by atoms with E-state index in [0.29, 0.717) is 24.3 Å². The van der Waals surface area contributed by atoms with Crippen LogP contribution in [0.4, 0.5) is 0 Å². The van der Waals surface area contributed by atoms with Crippen molar-refractivity contribution in [3.8, 4) is 5.75 Å². The van der Waals surface area contributed by atoms with Crippen LogP contribution in [0.5, 0.6) is 5.75 Å². The fraction of sp³-hybridized carbons (Fsp3) is 0.400. The van der Waals surface area contributed by atoms with Crippen molar-refractivity contribution < 1.29 is 19.7 Å². The van der Waals surface area contributed by atoms with Crippen LogP contribution in [-0.2, 0) is 11.2 Å². The van der Waals surface area contributed by atoms with Crippen molar-refractivity contribution in [2.24, 2.45) is 0 Å². The van der Waals surface area contributed by atoms with Crippen molar-refractivity contribution in [2.45, 2.75) is 37.6 Å². The molecule has 0 bridgehead atoms. The van der Waals surface area contributed by atoms with E-state index in [1.165, 1.54) is 0 Å². The SMILES string of the molecule is COc1ccc(Cc2cc(C3CC(O)CC(CO)O3)ccc2Cl)cc1. The van der Waals surface area contributed by atoms with E-state index < -0.39 is 6.10 Å². The third-order valence-corrected chi connectivity index (χ3v) is 4.95. The molecule has 1 fully saturated rings. The second-order valence-electron chi connectivity index (χ2n) is 6.43. The van der Waals surface area contributed by atoms with Gasteiger partial charge in [0.25, 0.3) is 0 Å². The number of halogens is 1. The first-order valence-electron chi connectivity index (χ1n) is 8.44. The fourth-order valence-corrected chi connectivity index (χ4v) is 3.40. The van der Waals surface area contributed by atoms with Gasteiger partial charge in [-0.15, -0.1) is 0 Å². The summed E-state index contributed by atoms with van der Waals surface area (Å²) in [4.78, 5) is 0. The van der Waals surface area contributed by atoms with Crippen molar-refractivity contribution in [2.75, 3.05) is 13.7 Å². The number of ether oxygens (including phenoxy) is 2. The van der Waals surface area contributed by atoms with Gasteiger partial charge in [-0.3, -0.25) is 0 Å². The molecule has 4 nitrogen and oxygen atoms in total. The summed E-state index contributed by atoms with van der Waals surface area (Å²) in [5.41, 5.74) is 3.12. The van der Waals surface area contributed by atoms with Gasteiger partial charge in [0.15, 0.2) is 0 Å². The molecule has 0 aliphatic carbocycles. The Kier molecular flexibility index (Phi) is 5.97. The minimum atomic E-state index is -0.461. The Morgan fingerprint density at radius 1 is 1.16 bits per heavy atom. The third kappa shape index (κ3) is 4.53. The number of aliphatic hydroxyl groups is 2. The van der Waals surface area contributed by atoms with Gasteiger partial charge in [-0.25, -0.2) is 0 Å². The molecule has 3 atom stereocenters. The van der Waals surface area contributed by atoms with Crippen LogP contribution in [-0.4, -0.2) is 36.1 Å². The van der Waals surface area contributed by atoms with Crippen LogP contribution >= 0.6 is 11.6 Å². The van der Waals surface area contributed by atoms with E-state index in [1.807, 2.05) is 42.5 Å². The van der Waals surface area contributed by atoms with Gasteiger partial charge in [-0.1, -0.05) is 35.9 Å². The van der Waals surface area contributed by atoms with Crippen molar-refractivity contribution >= 4 is 11.6 Å². The maximum atomic E-state index is 10.0. The van der Waals surface area contributed by atoms with Gasteiger partial charge >= 0.3 is 0 Å². The first-order valence-corrected chi connectivity index (χ1v) is 8.82. The van der Waals surface area contributed by atoms with Gasteiger partial charge in [-0.05, 0) is 41.3 Å². The molecule has 1 saturated heterocycles. The summed E-state index contributed by atoms with van der Waals surface area (Å²) in [5, 5.41) is 20.1.